The normalized spacial score (nSPS) is 17.5. The van der Waals surface area contributed by atoms with E-state index in [0.29, 0.717) is 11.7 Å². The summed E-state index contributed by atoms with van der Waals surface area (Å²) in [6.45, 7) is 4.83. The van der Waals surface area contributed by atoms with E-state index in [0.717, 1.165) is 49.9 Å². The number of rotatable bonds is 3. The van der Waals surface area contributed by atoms with Gasteiger partial charge in [0.15, 0.2) is 0 Å². The van der Waals surface area contributed by atoms with Crippen LogP contribution in [0.15, 0.2) is 40.9 Å². The smallest absolute Gasteiger partial charge is 0.322 e. The minimum atomic E-state index is -0.00534. The van der Waals surface area contributed by atoms with Crippen LogP contribution in [0.2, 0.25) is 0 Å². The number of amides is 2. The molecule has 0 fully saturated rings. The number of carbonyl (C=O) groups is 1. The Balaban J connectivity index is 1.35. The van der Waals surface area contributed by atoms with Crippen molar-refractivity contribution in [3.8, 4) is 11.4 Å². The number of nitrogens with one attached hydrogen (secondary N) is 1. The van der Waals surface area contributed by atoms with E-state index in [-0.39, 0.29) is 12.1 Å². The van der Waals surface area contributed by atoms with Crippen LogP contribution in [-0.2, 0) is 19.3 Å². The molecule has 1 aliphatic heterocycles. The minimum Gasteiger partial charge on any atom is -0.339 e. The molecule has 5 rings (SSSR count). The maximum atomic E-state index is 13.1. The SMILES string of the molecule is CCc1nc(-c2ccc3c(c2)CC[C@H]3NC(=O)N2CCCc3ccc(C)cc32)no1. The molecule has 2 aliphatic rings. The molecule has 3 aromatic rings. The van der Waals surface area contributed by atoms with Gasteiger partial charge in [0, 0.05) is 24.2 Å². The number of aryl methyl sites for hydroxylation is 4. The summed E-state index contributed by atoms with van der Waals surface area (Å²) in [5.74, 6) is 1.27. The fourth-order valence-electron chi connectivity index (χ4n) is 4.54. The molecule has 0 saturated heterocycles. The van der Waals surface area contributed by atoms with Gasteiger partial charge < -0.3 is 9.84 Å². The van der Waals surface area contributed by atoms with Crippen LogP contribution in [0.25, 0.3) is 11.4 Å². The first kappa shape index (κ1) is 18.9. The average Bonchev–Trinajstić information content (AvgIpc) is 3.40. The number of urea groups is 1. The molecule has 0 spiro atoms. The molecule has 0 bridgehead atoms. The zero-order chi connectivity index (χ0) is 20.7. The van der Waals surface area contributed by atoms with E-state index < -0.39 is 0 Å². The maximum Gasteiger partial charge on any atom is 0.322 e. The molecule has 0 radical (unpaired) electrons. The van der Waals surface area contributed by atoms with Gasteiger partial charge in [-0.05, 0) is 67.0 Å². The van der Waals surface area contributed by atoms with Crippen molar-refractivity contribution in [2.75, 3.05) is 11.4 Å². The molecule has 2 heterocycles. The summed E-state index contributed by atoms with van der Waals surface area (Å²) in [6.07, 6.45) is 4.60. The molecule has 1 aliphatic carbocycles. The van der Waals surface area contributed by atoms with Crippen LogP contribution in [0.5, 0.6) is 0 Å². The Morgan fingerprint density at radius 1 is 1.20 bits per heavy atom. The minimum absolute atomic E-state index is 0.00534. The van der Waals surface area contributed by atoms with Gasteiger partial charge in [0.05, 0.1) is 6.04 Å². The van der Waals surface area contributed by atoms with Gasteiger partial charge in [0.2, 0.25) is 11.7 Å². The van der Waals surface area contributed by atoms with E-state index in [4.69, 9.17) is 4.52 Å². The number of carbonyl (C=O) groups excluding carboxylic acids is 1. The van der Waals surface area contributed by atoms with E-state index in [1.165, 1.54) is 22.3 Å². The van der Waals surface area contributed by atoms with E-state index in [1.54, 1.807) is 0 Å². The second-order valence-corrected chi connectivity index (χ2v) is 8.21. The van der Waals surface area contributed by atoms with Crippen LogP contribution < -0.4 is 10.2 Å². The van der Waals surface area contributed by atoms with Crippen molar-refractivity contribution >= 4 is 11.7 Å². The first-order valence-electron chi connectivity index (χ1n) is 10.8. The lowest BCUT2D eigenvalue weighted by molar-refractivity contribution is 0.242. The van der Waals surface area contributed by atoms with E-state index in [1.807, 2.05) is 17.9 Å². The van der Waals surface area contributed by atoms with Gasteiger partial charge in [0.25, 0.3) is 0 Å². The fourth-order valence-corrected chi connectivity index (χ4v) is 4.54. The van der Waals surface area contributed by atoms with Crippen LogP contribution in [0.3, 0.4) is 0 Å². The number of anilines is 1. The monoisotopic (exact) mass is 402 g/mol. The van der Waals surface area contributed by atoms with Crippen LogP contribution in [-0.4, -0.2) is 22.7 Å². The first-order chi connectivity index (χ1) is 14.6. The molecule has 2 aromatic carbocycles. The van der Waals surface area contributed by atoms with Crippen LogP contribution in [0.1, 0.15) is 54.0 Å². The third-order valence-electron chi connectivity index (χ3n) is 6.15. The lowest BCUT2D eigenvalue weighted by Crippen LogP contribution is -2.43. The number of aromatic nitrogens is 2. The van der Waals surface area contributed by atoms with Gasteiger partial charge in [-0.3, -0.25) is 4.90 Å². The zero-order valence-electron chi connectivity index (χ0n) is 17.4. The second-order valence-electron chi connectivity index (χ2n) is 8.21. The van der Waals surface area contributed by atoms with Crippen molar-refractivity contribution in [3.05, 3.63) is 64.5 Å². The van der Waals surface area contributed by atoms with E-state index >= 15 is 0 Å². The summed E-state index contributed by atoms with van der Waals surface area (Å²) in [4.78, 5) is 19.5. The topological polar surface area (TPSA) is 71.3 Å². The predicted molar refractivity (Wildman–Crippen MR) is 116 cm³/mol. The van der Waals surface area contributed by atoms with Gasteiger partial charge in [0.1, 0.15) is 0 Å². The van der Waals surface area contributed by atoms with Crippen molar-refractivity contribution in [1.29, 1.82) is 0 Å². The Hall–Kier alpha value is -3.15. The van der Waals surface area contributed by atoms with Gasteiger partial charge >= 0.3 is 6.03 Å². The zero-order valence-corrected chi connectivity index (χ0v) is 17.4. The Morgan fingerprint density at radius 3 is 2.93 bits per heavy atom. The fraction of sp³-hybridized carbons (Fsp3) is 0.375. The van der Waals surface area contributed by atoms with Crippen molar-refractivity contribution in [3.63, 3.8) is 0 Å². The molecule has 6 heteroatoms. The Morgan fingerprint density at radius 2 is 2.10 bits per heavy atom. The second kappa shape index (κ2) is 7.59. The summed E-state index contributed by atoms with van der Waals surface area (Å²) in [5, 5.41) is 7.35. The average molecular weight is 402 g/mol. The molecule has 154 valence electrons. The summed E-state index contributed by atoms with van der Waals surface area (Å²) in [7, 11) is 0. The molecule has 30 heavy (non-hydrogen) atoms. The molecule has 1 aromatic heterocycles. The Bertz CT molecular complexity index is 1100. The third kappa shape index (κ3) is 3.36. The highest BCUT2D eigenvalue weighted by atomic mass is 16.5. The van der Waals surface area contributed by atoms with Gasteiger partial charge in [-0.1, -0.05) is 36.3 Å². The number of hydrogen-bond acceptors (Lipinski definition) is 4. The molecule has 6 nitrogen and oxygen atoms in total. The lowest BCUT2D eigenvalue weighted by atomic mass is 10.00. The van der Waals surface area contributed by atoms with E-state index in [2.05, 4.69) is 52.7 Å². The largest absolute Gasteiger partial charge is 0.339 e. The Kier molecular flexibility index (Phi) is 4.77. The summed E-state index contributed by atoms with van der Waals surface area (Å²) in [6, 6.07) is 12.7. The van der Waals surface area contributed by atoms with Crippen LogP contribution in [0, 0.1) is 6.92 Å². The summed E-state index contributed by atoms with van der Waals surface area (Å²) >= 11 is 0. The maximum absolute atomic E-state index is 13.1. The number of fused-ring (bicyclic) bond motifs is 2. The molecule has 2 amide bonds. The highest BCUT2D eigenvalue weighted by Gasteiger charge is 2.29. The molecule has 0 saturated carbocycles. The number of benzene rings is 2. The molecule has 0 unspecified atom stereocenters. The Labute approximate surface area is 176 Å². The van der Waals surface area contributed by atoms with E-state index in [9.17, 15) is 4.79 Å². The highest BCUT2D eigenvalue weighted by Crippen LogP contribution is 2.35. The summed E-state index contributed by atoms with van der Waals surface area (Å²) < 4.78 is 5.24. The van der Waals surface area contributed by atoms with Crippen LogP contribution in [0.4, 0.5) is 10.5 Å². The van der Waals surface area contributed by atoms with Gasteiger partial charge in [-0.15, -0.1) is 0 Å². The van der Waals surface area contributed by atoms with Crippen molar-refractivity contribution in [1.82, 2.24) is 15.5 Å². The van der Waals surface area contributed by atoms with Crippen molar-refractivity contribution in [2.24, 2.45) is 0 Å². The molecular formula is C24H26N4O2. The first-order valence-corrected chi connectivity index (χ1v) is 10.8. The van der Waals surface area contributed by atoms with Gasteiger partial charge in [-0.2, -0.15) is 4.98 Å². The van der Waals surface area contributed by atoms with Crippen molar-refractivity contribution < 1.29 is 9.32 Å². The number of nitrogens with zero attached hydrogens (tertiary/aromatic N) is 3. The standard InChI is InChI=1S/C24H26N4O2/c1-3-22-26-23(27-30-22)18-8-10-19-17(14-18)9-11-20(19)25-24(29)28-12-4-5-16-7-6-15(2)13-21(16)28/h6-8,10,13-14,20H,3-5,9,11-12H2,1-2H3,(H,25,29)/t20-/m1/s1. The lowest BCUT2D eigenvalue weighted by Gasteiger charge is -2.31. The molecule has 1 atom stereocenters. The highest BCUT2D eigenvalue weighted by molar-refractivity contribution is 5.93. The quantitative estimate of drug-likeness (QED) is 0.686. The predicted octanol–water partition coefficient (Wildman–Crippen LogP) is 4.76. The van der Waals surface area contributed by atoms with Crippen molar-refractivity contribution in [2.45, 2.75) is 52.0 Å². The number of hydrogen-bond donors (Lipinski definition) is 1. The molecular weight excluding hydrogens is 376 g/mol. The van der Waals surface area contributed by atoms with Crippen LogP contribution >= 0.6 is 0 Å². The summed E-state index contributed by atoms with van der Waals surface area (Å²) in [5.41, 5.74) is 6.88. The van der Waals surface area contributed by atoms with Gasteiger partial charge in [-0.25, -0.2) is 4.79 Å². The third-order valence-corrected chi connectivity index (χ3v) is 6.15. The molecule has 1 N–H and O–H groups in total.